The summed E-state index contributed by atoms with van der Waals surface area (Å²) in [4.78, 5) is 0. The molecular formula is C15H24ClNO. The lowest BCUT2D eigenvalue weighted by atomic mass is 9.77. The van der Waals surface area contributed by atoms with Gasteiger partial charge in [-0.2, -0.15) is 0 Å². The summed E-state index contributed by atoms with van der Waals surface area (Å²) < 4.78 is 0. The average Bonchev–Trinajstić information content (AvgIpc) is 2.25. The number of benzene rings is 1. The molecule has 3 N–H and O–H groups in total. The highest BCUT2D eigenvalue weighted by molar-refractivity contribution is 5.85. The molecule has 0 heterocycles. The molecule has 0 aliphatic heterocycles. The second-order valence-corrected chi connectivity index (χ2v) is 5.53. The molecule has 1 aromatic carbocycles. The van der Waals surface area contributed by atoms with Crippen molar-refractivity contribution in [3.05, 3.63) is 35.4 Å². The molecule has 0 spiro atoms. The van der Waals surface area contributed by atoms with E-state index in [0.717, 1.165) is 18.4 Å². The van der Waals surface area contributed by atoms with E-state index in [4.69, 9.17) is 5.73 Å². The third-order valence-electron chi connectivity index (χ3n) is 3.99. The Kier molecular flexibility index (Phi) is 5.64. The van der Waals surface area contributed by atoms with Crippen molar-refractivity contribution in [2.75, 3.05) is 0 Å². The summed E-state index contributed by atoms with van der Waals surface area (Å²) in [5, 5.41) is 10.1. The van der Waals surface area contributed by atoms with E-state index < -0.39 is 0 Å². The van der Waals surface area contributed by atoms with Crippen molar-refractivity contribution in [1.29, 1.82) is 0 Å². The number of hydrogen-bond donors (Lipinski definition) is 2. The van der Waals surface area contributed by atoms with Crippen LogP contribution in [0.2, 0.25) is 0 Å². The lowest BCUT2D eigenvalue weighted by molar-refractivity contribution is 0.0413. The smallest absolute Gasteiger partial charge is 0.0760 e. The van der Waals surface area contributed by atoms with Gasteiger partial charge in [-0.05, 0) is 35.8 Å². The van der Waals surface area contributed by atoms with E-state index in [0.29, 0.717) is 11.8 Å². The van der Waals surface area contributed by atoms with Crippen molar-refractivity contribution in [2.45, 2.75) is 51.2 Å². The topological polar surface area (TPSA) is 46.2 Å². The molecule has 1 aliphatic rings. The Morgan fingerprint density at radius 2 is 1.61 bits per heavy atom. The largest absolute Gasteiger partial charge is 0.391 e. The van der Waals surface area contributed by atoms with Crippen LogP contribution in [0, 0.1) is 5.92 Å². The molecule has 0 saturated heterocycles. The van der Waals surface area contributed by atoms with Gasteiger partial charge in [-0.25, -0.2) is 0 Å². The Morgan fingerprint density at radius 3 is 2.00 bits per heavy atom. The molecule has 1 aromatic rings. The van der Waals surface area contributed by atoms with Crippen LogP contribution in [0.15, 0.2) is 24.3 Å². The third-order valence-corrected chi connectivity index (χ3v) is 3.99. The van der Waals surface area contributed by atoms with Crippen LogP contribution in [0.3, 0.4) is 0 Å². The van der Waals surface area contributed by atoms with E-state index in [-0.39, 0.29) is 24.6 Å². The first-order valence-corrected chi connectivity index (χ1v) is 6.63. The summed E-state index contributed by atoms with van der Waals surface area (Å²) in [5.74, 6) is 0.951. The number of nitrogens with two attached hydrogens (primary N) is 1. The molecule has 1 aliphatic carbocycles. The van der Waals surface area contributed by atoms with Crippen LogP contribution in [0.1, 0.15) is 56.2 Å². The molecule has 0 bridgehead atoms. The van der Waals surface area contributed by atoms with Crippen LogP contribution < -0.4 is 5.73 Å². The standard InChI is InChI=1S/C15H23NO.ClH/c1-10(2)11-6-8-12(9-7-11)14(16)15(17)13-4-3-5-13;/h6-10,13-15,17H,3-5,16H2,1-2H3;1H/t14-,15+;/m1./s1. The first-order valence-electron chi connectivity index (χ1n) is 6.63. The fraction of sp³-hybridized carbons (Fsp3) is 0.600. The molecule has 0 amide bonds. The molecule has 0 radical (unpaired) electrons. The summed E-state index contributed by atoms with van der Waals surface area (Å²) in [7, 11) is 0. The maximum atomic E-state index is 10.1. The highest BCUT2D eigenvalue weighted by atomic mass is 35.5. The van der Waals surface area contributed by atoms with Gasteiger partial charge in [0, 0.05) is 0 Å². The van der Waals surface area contributed by atoms with E-state index in [1.807, 2.05) is 0 Å². The third kappa shape index (κ3) is 3.25. The maximum absolute atomic E-state index is 10.1. The normalized spacial score (nSPS) is 18.9. The molecule has 102 valence electrons. The first kappa shape index (κ1) is 15.5. The Hall–Kier alpha value is -0.570. The quantitative estimate of drug-likeness (QED) is 0.880. The monoisotopic (exact) mass is 269 g/mol. The van der Waals surface area contributed by atoms with Crippen LogP contribution in [-0.4, -0.2) is 11.2 Å². The van der Waals surface area contributed by atoms with Crippen molar-refractivity contribution in [1.82, 2.24) is 0 Å². The van der Waals surface area contributed by atoms with Crippen LogP contribution >= 0.6 is 12.4 Å². The van der Waals surface area contributed by atoms with Gasteiger partial charge in [0.2, 0.25) is 0 Å². The molecule has 1 saturated carbocycles. The van der Waals surface area contributed by atoms with Crippen molar-refractivity contribution in [3.63, 3.8) is 0 Å². The predicted molar refractivity (Wildman–Crippen MR) is 78.1 cm³/mol. The Bertz CT molecular complexity index is 359. The fourth-order valence-corrected chi connectivity index (χ4v) is 2.37. The first-order chi connectivity index (χ1) is 8.09. The summed E-state index contributed by atoms with van der Waals surface area (Å²) in [6, 6.07) is 8.12. The van der Waals surface area contributed by atoms with Gasteiger partial charge in [0.05, 0.1) is 12.1 Å². The zero-order valence-electron chi connectivity index (χ0n) is 11.2. The average molecular weight is 270 g/mol. The molecule has 3 heteroatoms. The zero-order chi connectivity index (χ0) is 12.4. The minimum atomic E-state index is -0.381. The van der Waals surface area contributed by atoms with Gasteiger partial charge in [-0.1, -0.05) is 44.5 Å². The van der Waals surface area contributed by atoms with E-state index in [9.17, 15) is 5.11 Å². The van der Waals surface area contributed by atoms with Gasteiger partial charge in [-0.15, -0.1) is 12.4 Å². The molecule has 2 rings (SSSR count). The molecular weight excluding hydrogens is 246 g/mol. The number of aliphatic hydroxyl groups excluding tert-OH is 1. The second kappa shape index (κ2) is 6.55. The number of rotatable bonds is 4. The Labute approximate surface area is 116 Å². The number of hydrogen-bond acceptors (Lipinski definition) is 2. The summed E-state index contributed by atoms with van der Waals surface area (Å²) in [6.07, 6.45) is 3.10. The van der Waals surface area contributed by atoms with Crippen molar-refractivity contribution < 1.29 is 5.11 Å². The van der Waals surface area contributed by atoms with Crippen LogP contribution in [-0.2, 0) is 0 Å². The second-order valence-electron chi connectivity index (χ2n) is 5.53. The highest BCUT2D eigenvalue weighted by Crippen LogP contribution is 2.34. The summed E-state index contributed by atoms with van der Waals surface area (Å²) >= 11 is 0. The molecule has 0 aromatic heterocycles. The molecule has 2 nitrogen and oxygen atoms in total. The van der Waals surface area contributed by atoms with Crippen molar-refractivity contribution >= 4 is 12.4 Å². The molecule has 1 fully saturated rings. The Morgan fingerprint density at radius 1 is 1.11 bits per heavy atom. The van der Waals surface area contributed by atoms with E-state index in [2.05, 4.69) is 38.1 Å². The minimum absolute atomic E-state index is 0. The van der Waals surface area contributed by atoms with Crippen molar-refractivity contribution in [2.24, 2.45) is 11.7 Å². The van der Waals surface area contributed by atoms with Crippen LogP contribution in [0.5, 0.6) is 0 Å². The highest BCUT2D eigenvalue weighted by Gasteiger charge is 2.30. The maximum Gasteiger partial charge on any atom is 0.0760 e. The van der Waals surface area contributed by atoms with Gasteiger partial charge in [0.15, 0.2) is 0 Å². The number of aliphatic hydroxyl groups is 1. The van der Waals surface area contributed by atoms with E-state index >= 15 is 0 Å². The Balaban J connectivity index is 0.00000162. The van der Waals surface area contributed by atoms with Gasteiger partial charge in [0.1, 0.15) is 0 Å². The molecule has 18 heavy (non-hydrogen) atoms. The van der Waals surface area contributed by atoms with Crippen LogP contribution in [0.25, 0.3) is 0 Å². The zero-order valence-corrected chi connectivity index (χ0v) is 12.0. The van der Waals surface area contributed by atoms with Gasteiger partial charge >= 0.3 is 0 Å². The van der Waals surface area contributed by atoms with E-state index in [1.165, 1.54) is 12.0 Å². The number of halogens is 1. The van der Waals surface area contributed by atoms with Crippen molar-refractivity contribution in [3.8, 4) is 0 Å². The lowest BCUT2D eigenvalue weighted by Crippen LogP contribution is -2.36. The summed E-state index contributed by atoms with van der Waals surface area (Å²) in [5.41, 5.74) is 8.49. The summed E-state index contributed by atoms with van der Waals surface area (Å²) in [6.45, 7) is 4.36. The van der Waals surface area contributed by atoms with Crippen LogP contribution in [0.4, 0.5) is 0 Å². The minimum Gasteiger partial charge on any atom is -0.391 e. The van der Waals surface area contributed by atoms with Gasteiger partial charge in [-0.3, -0.25) is 0 Å². The lowest BCUT2D eigenvalue weighted by Gasteiger charge is -2.33. The predicted octanol–water partition coefficient (Wildman–Crippen LogP) is 3.39. The molecule has 2 atom stereocenters. The van der Waals surface area contributed by atoms with E-state index in [1.54, 1.807) is 0 Å². The van der Waals surface area contributed by atoms with Gasteiger partial charge < -0.3 is 10.8 Å². The molecule has 0 unspecified atom stereocenters. The SMILES string of the molecule is CC(C)c1ccc([C@@H](N)[C@@H](O)C2CCC2)cc1.Cl. The fourth-order valence-electron chi connectivity index (χ4n) is 2.37. The van der Waals surface area contributed by atoms with Gasteiger partial charge in [0.25, 0.3) is 0 Å².